The lowest BCUT2D eigenvalue weighted by Crippen LogP contribution is -2.50. The number of anilines is 1. The first-order valence-corrected chi connectivity index (χ1v) is 5.89. The molecule has 0 aliphatic carbocycles. The standard InChI is InChI=1S/C12H16N4O2/c1-8-3-10(4-13)15-12(14-8)16-5-11(6-17)18-7-9(16)2/h3,9,11,17H,5-7H2,1-2H3. The molecule has 96 valence electrons. The molecule has 0 amide bonds. The Labute approximate surface area is 106 Å². The van der Waals surface area contributed by atoms with Crippen LogP contribution in [0.15, 0.2) is 6.07 Å². The number of aliphatic hydroxyl groups is 1. The van der Waals surface area contributed by atoms with Gasteiger partial charge in [-0.25, -0.2) is 9.97 Å². The Kier molecular flexibility index (Phi) is 3.75. The van der Waals surface area contributed by atoms with Crippen molar-refractivity contribution in [2.24, 2.45) is 0 Å². The molecule has 2 unspecified atom stereocenters. The van der Waals surface area contributed by atoms with Crippen LogP contribution in [0, 0.1) is 18.3 Å². The van der Waals surface area contributed by atoms with Crippen molar-refractivity contribution >= 4 is 5.95 Å². The molecule has 2 atom stereocenters. The zero-order chi connectivity index (χ0) is 13.1. The minimum atomic E-state index is -0.226. The minimum Gasteiger partial charge on any atom is -0.394 e. The van der Waals surface area contributed by atoms with Gasteiger partial charge in [0.15, 0.2) is 0 Å². The third kappa shape index (κ3) is 2.58. The number of aryl methyl sites for hydroxylation is 1. The van der Waals surface area contributed by atoms with Crippen molar-refractivity contribution in [2.45, 2.75) is 26.0 Å². The van der Waals surface area contributed by atoms with Gasteiger partial charge in [0, 0.05) is 12.2 Å². The summed E-state index contributed by atoms with van der Waals surface area (Å²) in [5.74, 6) is 0.529. The highest BCUT2D eigenvalue weighted by atomic mass is 16.5. The molecule has 0 aromatic carbocycles. The molecule has 6 heteroatoms. The molecule has 1 aliphatic rings. The van der Waals surface area contributed by atoms with E-state index in [2.05, 4.69) is 9.97 Å². The quantitative estimate of drug-likeness (QED) is 0.807. The summed E-state index contributed by atoms with van der Waals surface area (Å²) in [4.78, 5) is 10.5. The number of rotatable bonds is 2. The predicted octanol–water partition coefficient (Wildman–Crippen LogP) is 0.243. The van der Waals surface area contributed by atoms with E-state index in [0.717, 1.165) is 5.69 Å². The van der Waals surface area contributed by atoms with Crippen LogP contribution in [-0.2, 0) is 4.74 Å². The van der Waals surface area contributed by atoms with Gasteiger partial charge in [0.25, 0.3) is 0 Å². The van der Waals surface area contributed by atoms with Crippen LogP contribution in [0.3, 0.4) is 0 Å². The Morgan fingerprint density at radius 3 is 3.06 bits per heavy atom. The number of aromatic nitrogens is 2. The maximum Gasteiger partial charge on any atom is 0.227 e. The van der Waals surface area contributed by atoms with E-state index in [0.29, 0.717) is 24.8 Å². The fourth-order valence-corrected chi connectivity index (χ4v) is 1.95. The van der Waals surface area contributed by atoms with Gasteiger partial charge in [-0.05, 0) is 19.9 Å². The smallest absolute Gasteiger partial charge is 0.227 e. The number of nitrogens with zero attached hydrogens (tertiary/aromatic N) is 4. The first-order valence-electron chi connectivity index (χ1n) is 5.89. The van der Waals surface area contributed by atoms with Crippen LogP contribution in [0.2, 0.25) is 0 Å². The number of hydrogen-bond donors (Lipinski definition) is 1. The fourth-order valence-electron chi connectivity index (χ4n) is 1.95. The van der Waals surface area contributed by atoms with Crippen molar-refractivity contribution in [2.75, 3.05) is 24.7 Å². The Bertz CT molecular complexity index is 472. The summed E-state index contributed by atoms with van der Waals surface area (Å²) >= 11 is 0. The predicted molar refractivity (Wildman–Crippen MR) is 65.1 cm³/mol. The molecule has 0 bridgehead atoms. The van der Waals surface area contributed by atoms with Crippen LogP contribution in [0.25, 0.3) is 0 Å². The van der Waals surface area contributed by atoms with Crippen LogP contribution >= 0.6 is 0 Å². The molecule has 1 aromatic rings. The fraction of sp³-hybridized carbons (Fsp3) is 0.583. The molecule has 2 heterocycles. The van der Waals surface area contributed by atoms with E-state index in [-0.39, 0.29) is 18.8 Å². The first kappa shape index (κ1) is 12.7. The highest BCUT2D eigenvalue weighted by molar-refractivity contribution is 5.37. The SMILES string of the molecule is Cc1cc(C#N)nc(N2CC(CO)OCC2C)n1. The molecule has 0 saturated carbocycles. The second-order valence-corrected chi connectivity index (χ2v) is 4.45. The normalized spacial score (nSPS) is 23.8. The summed E-state index contributed by atoms with van der Waals surface area (Å²) < 4.78 is 5.47. The second kappa shape index (κ2) is 5.29. The second-order valence-electron chi connectivity index (χ2n) is 4.45. The maximum atomic E-state index is 9.15. The summed E-state index contributed by atoms with van der Waals surface area (Å²) in [5, 5.41) is 18.1. The number of ether oxygens (including phenoxy) is 1. The highest BCUT2D eigenvalue weighted by Gasteiger charge is 2.27. The Morgan fingerprint density at radius 2 is 2.39 bits per heavy atom. The van der Waals surface area contributed by atoms with Gasteiger partial charge in [-0.1, -0.05) is 0 Å². The number of hydrogen-bond acceptors (Lipinski definition) is 6. The van der Waals surface area contributed by atoms with Crippen LogP contribution in [-0.4, -0.2) is 47.0 Å². The minimum absolute atomic E-state index is 0.0276. The van der Waals surface area contributed by atoms with Gasteiger partial charge < -0.3 is 14.7 Å². The molecule has 6 nitrogen and oxygen atoms in total. The van der Waals surface area contributed by atoms with Crippen molar-refractivity contribution in [1.82, 2.24) is 9.97 Å². The lowest BCUT2D eigenvalue weighted by Gasteiger charge is -2.37. The molecular weight excluding hydrogens is 232 g/mol. The van der Waals surface area contributed by atoms with Crippen LogP contribution < -0.4 is 4.90 Å². The van der Waals surface area contributed by atoms with E-state index in [1.807, 2.05) is 24.8 Å². The Balaban J connectivity index is 2.29. The molecule has 1 aliphatic heterocycles. The summed E-state index contributed by atoms with van der Waals surface area (Å²) in [5.41, 5.74) is 1.12. The monoisotopic (exact) mass is 248 g/mol. The topological polar surface area (TPSA) is 82.3 Å². The third-order valence-corrected chi connectivity index (χ3v) is 2.92. The number of morpholine rings is 1. The largest absolute Gasteiger partial charge is 0.394 e. The van der Waals surface area contributed by atoms with E-state index in [4.69, 9.17) is 15.1 Å². The van der Waals surface area contributed by atoms with Gasteiger partial charge in [-0.15, -0.1) is 0 Å². The van der Waals surface area contributed by atoms with E-state index >= 15 is 0 Å². The maximum absolute atomic E-state index is 9.15. The van der Waals surface area contributed by atoms with Gasteiger partial charge >= 0.3 is 0 Å². The molecule has 2 rings (SSSR count). The van der Waals surface area contributed by atoms with Crippen LogP contribution in [0.1, 0.15) is 18.3 Å². The van der Waals surface area contributed by atoms with E-state index in [9.17, 15) is 0 Å². The van der Waals surface area contributed by atoms with E-state index < -0.39 is 0 Å². The summed E-state index contributed by atoms with van der Waals surface area (Å²) in [6.45, 7) is 4.86. The average molecular weight is 248 g/mol. The summed E-state index contributed by atoms with van der Waals surface area (Å²) in [6.07, 6.45) is -0.226. The van der Waals surface area contributed by atoms with Crippen molar-refractivity contribution in [3.05, 3.63) is 17.5 Å². The van der Waals surface area contributed by atoms with Gasteiger partial charge in [0.2, 0.25) is 5.95 Å². The lowest BCUT2D eigenvalue weighted by molar-refractivity contribution is -0.0108. The molecule has 1 N–H and O–H groups in total. The highest BCUT2D eigenvalue weighted by Crippen LogP contribution is 2.18. The summed E-state index contributed by atoms with van der Waals surface area (Å²) in [6, 6.07) is 3.81. The molecule has 0 radical (unpaired) electrons. The molecule has 0 spiro atoms. The Hall–Kier alpha value is -1.71. The number of aliphatic hydroxyl groups excluding tert-OH is 1. The van der Waals surface area contributed by atoms with Gasteiger partial charge in [-0.2, -0.15) is 5.26 Å². The molecule has 18 heavy (non-hydrogen) atoms. The summed E-state index contributed by atoms with van der Waals surface area (Å²) in [7, 11) is 0. The van der Waals surface area contributed by atoms with E-state index in [1.165, 1.54) is 0 Å². The zero-order valence-corrected chi connectivity index (χ0v) is 10.5. The van der Waals surface area contributed by atoms with Crippen molar-refractivity contribution in [3.8, 4) is 6.07 Å². The zero-order valence-electron chi connectivity index (χ0n) is 10.5. The first-order chi connectivity index (χ1) is 8.63. The average Bonchev–Trinajstić information content (AvgIpc) is 2.38. The molecule has 1 saturated heterocycles. The Morgan fingerprint density at radius 1 is 1.61 bits per heavy atom. The lowest BCUT2D eigenvalue weighted by atomic mass is 10.2. The molecule has 1 fully saturated rings. The van der Waals surface area contributed by atoms with Crippen molar-refractivity contribution in [1.29, 1.82) is 5.26 Å². The van der Waals surface area contributed by atoms with E-state index in [1.54, 1.807) is 6.07 Å². The molecule has 1 aromatic heterocycles. The number of nitriles is 1. The van der Waals surface area contributed by atoms with Gasteiger partial charge in [-0.3, -0.25) is 0 Å². The van der Waals surface area contributed by atoms with Gasteiger partial charge in [0.1, 0.15) is 11.8 Å². The van der Waals surface area contributed by atoms with Crippen LogP contribution in [0.5, 0.6) is 0 Å². The van der Waals surface area contributed by atoms with Gasteiger partial charge in [0.05, 0.1) is 25.4 Å². The van der Waals surface area contributed by atoms with Crippen LogP contribution in [0.4, 0.5) is 5.95 Å². The van der Waals surface area contributed by atoms with Crippen molar-refractivity contribution in [3.63, 3.8) is 0 Å². The van der Waals surface area contributed by atoms with Crippen molar-refractivity contribution < 1.29 is 9.84 Å². The third-order valence-electron chi connectivity index (χ3n) is 2.92. The molecular formula is C12H16N4O2.